The van der Waals surface area contributed by atoms with Crippen LogP contribution < -0.4 is 10.6 Å². The lowest BCUT2D eigenvalue weighted by Gasteiger charge is -2.13. The second-order valence-electron chi connectivity index (χ2n) is 3.55. The van der Waals surface area contributed by atoms with Crippen LogP contribution in [0, 0.1) is 5.41 Å². The third kappa shape index (κ3) is 5.39. The molecule has 0 fully saturated rings. The summed E-state index contributed by atoms with van der Waals surface area (Å²) in [6, 6.07) is 4.17. The van der Waals surface area contributed by atoms with Crippen molar-refractivity contribution in [3.63, 3.8) is 0 Å². The fraction of sp³-hybridized carbons (Fsp3) is 0.500. The quantitative estimate of drug-likeness (QED) is 0.397. The van der Waals surface area contributed by atoms with Crippen molar-refractivity contribution in [3.8, 4) is 0 Å². The molecule has 1 rings (SSSR count). The molecule has 1 heterocycles. The van der Waals surface area contributed by atoms with Crippen LogP contribution in [0.15, 0.2) is 17.5 Å². The molecule has 3 N–H and O–H groups in total. The van der Waals surface area contributed by atoms with Gasteiger partial charge in [0.05, 0.1) is 6.67 Å². The van der Waals surface area contributed by atoms with Crippen LogP contribution in [0.25, 0.3) is 0 Å². The van der Waals surface area contributed by atoms with Gasteiger partial charge in [0.25, 0.3) is 0 Å². The lowest BCUT2D eigenvalue weighted by Crippen LogP contribution is -2.41. The standard InChI is InChI=1S/C10H18N4S/c1-14(2)8-13-10(11)12-6-5-9-4-3-7-15-9/h3-4,7H,5-6,8H2,1-2H3,(H3,11,12,13). The number of hydrogen-bond donors (Lipinski definition) is 3. The lowest BCUT2D eigenvalue weighted by atomic mass is 10.3. The molecule has 15 heavy (non-hydrogen) atoms. The van der Waals surface area contributed by atoms with E-state index in [9.17, 15) is 0 Å². The molecule has 0 aromatic carbocycles. The molecular weight excluding hydrogens is 208 g/mol. The summed E-state index contributed by atoms with van der Waals surface area (Å²) in [7, 11) is 3.93. The fourth-order valence-corrected chi connectivity index (χ4v) is 1.77. The van der Waals surface area contributed by atoms with E-state index in [2.05, 4.69) is 28.1 Å². The van der Waals surface area contributed by atoms with Gasteiger partial charge in [0.2, 0.25) is 0 Å². The Bertz CT molecular complexity index is 282. The number of guanidine groups is 1. The molecule has 0 unspecified atom stereocenters. The second kappa shape index (κ2) is 6.42. The molecule has 4 nitrogen and oxygen atoms in total. The van der Waals surface area contributed by atoms with Crippen LogP contribution in [0.1, 0.15) is 4.88 Å². The van der Waals surface area contributed by atoms with Crippen LogP contribution in [-0.4, -0.2) is 38.2 Å². The van der Waals surface area contributed by atoms with Gasteiger partial charge in [-0.1, -0.05) is 6.07 Å². The fourth-order valence-electron chi connectivity index (χ4n) is 1.07. The first-order valence-corrected chi connectivity index (χ1v) is 5.80. The molecule has 1 aromatic heterocycles. The Labute approximate surface area is 94.8 Å². The average molecular weight is 226 g/mol. The highest BCUT2D eigenvalue weighted by Crippen LogP contribution is 2.07. The predicted octanol–water partition coefficient (Wildman–Crippen LogP) is 0.924. The third-order valence-corrected chi connectivity index (χ3v) is 2.76. The van der Waals surface area contributed by atoms with E-state index in [1.165, 1.54) is 4.88 Å². The number of hydrogen-bond acceptors (Lipinski definition) is 3. The summed E-state index contributed by atoms with van der Waals surface area (Å²) in [5.74, 6) is 0.389. The zero-order valence-electron chi connectivity index (χ0n) is 9.21. The molecule has 0 radical (unpaired) electrons. The summed E-state index contributed by atoms with van der Waals surface area (Å²) in [6.07, 6.45) is 0.976. The van der Waals surface area contributed by atoms with Gasteiger partial charge < -0.3 is 10.6 Å². The highest BCUT2D eigenvalue weighted by Gasteiger charge is 1.96. The van der Waals surface area contributed by atoms with Gasteiger partial charge >= 0.3 is 0 Å². The summed E-state index contributed by atoms with van der Waals surface area (Å²) in [5.41, 5.74) is 0. The summed E-state index contributed by atoms with van der Waals surface area (Å²) >= 11 is 1.75. The Morgan fingerprint density at radius 3 is 2.87 bits per heavy atom. The van der Waals surface area contributed by atoms with Crippen molar-refractivity contribution in [3.05, 3.63) is 22.4 Å². The first-order chi connectivity index (χ1) is 7.18. The van der Waals surface area contributed by atoms with Crippen molar-refractivity contribution < 1.29 is 0 Å². The average Bonchev–Trinajstić information content (AvgIpc) is 2.67. The molecule has 1 aromatic rings. The van der Waals surface area contributed by atoms with Crippen LogP contribution >= 0.6 is 11.3 Å². The molecule has 0 spiro atoms. The molecule has 0 amide bonds. The van der Waals surface area contributed by atoms with Gasteiger partial charge in [-0.15, -0.1) is 11.3 Å². The van der Waals surface area contributed by atoms with Gasteiger partial charge in [-0.2, -0.15) is 0 Å². The topological polar surface area (TPSA) is 51.2 Å². The van der Waals surface area contributed by atoms with E-state index in [4.69, 9.17) is 5.41 Å². The Morgan fingerprint density at radius 2 is 2.27 bits per heavy atom. The zero-order valence-corrected chi connectivity index (χ0v) is 10.0. The largest absolute Gasteiger partial charge is 0.356 e. The maximum atomic E-state index is 7.57. The van der Waals surface area contributed by atoms with E-state index in [1.54, 1.807) is 11.3 Å². The van der Waals surface area contributed by atoms with Gasteiger partial charge in [0.1, 0.15) is 0 Å². The van der Waals surface area contributed by atoms with E-state index in [0.717, 1.165) is 13.0 Å². The maximum absolute atomic E-state index is 7.57. The summed E-state index contributed by atoms with van der Waals surface area (Å²) in [5, 5.41) is 15.6. The summed E-state index contributed by atoms with van der Waals surface area (Å²) in [6.45, 7) is 1.49. The van der Waals surface area contributed by atoms with Crippen LogP contribution in [0.4, 0.5) is 0 Å². The Hall–Kier alpha value is -1.07. The normalized spacial score (nSPS) is 10.3. The van der Waals surface area contributed by atoms with E-state index < -0.39 is 0 Å². The molecule has 0 aliphatic rings. The Morgan fingerprint density at radius 1 is 1.47 bits per heavy atom. The van der Waals surface area contributed by atoms with E-state index in [-0.39, 0.29) is 0 Å². The monoisotopic (exact) mass is 226 g/mol. The smallest absolute Gasteiger partial charge is 0.189 e. The third-order valence-electron chi connectivity index (χ3n) is 1.83. The van der Waals surface area contributed by atoms with Crippen molar-refractivity contribution >= 4 is 17.3 Å². The lowest BCUT2D eigenvalue weighted by molar-refractivity contribution is 0.397. The number of nitrogens with zero attached hydrogens (tertiary/aromatic N) is 1. The molecule has 0 saturated carbocycles. The first-order valence-electron chi connectivity index (χ1n) is 4.92. The Balaban J connectivity index is 2.07. The molecule has 84 valence electrons. The highest BCUT2D eigenvalue weighted by atomic mass is 32.1. The van der Waals surface area contributed by atoms with Gasteiger partial charge in [-0.05, 0) is 32.0 Å². The van der Waals surface area contributed by atoms with Crippen molar-refractivity contribution in [2.45, 2.75) is 6.42 Å². The molecule has 0 saturated heterocycles. The number of nitrogens with one attached hydrogen (secondary N) is 3. The van der Waals surface area contributed by atoms with Crippen molar-refractivity contribution in [1.29, 1.82) is 5.41 Å². The van der Waals surface area contributed by atoms with E-state index in [0.29, 0.717) is 12.6 Å². The summed E-state index contributed by atoms with van der Waals surface area (Å²) < 4.78 is 0. The van der Waals surface area contributed by atoms with Crippen molar-refractivity contribution in [2.24, 2.45) is 0 Å². The van der Waals surface area contributed by atoms with Crippen molar-refractivity contribution in [2.75, 3.05) is 27.3 Å². The predicted molar refractivity (Wildman–Crippen MR) is 65.4 cm³/mol. The van der Waals surface area contributed by atoms with Gasteiger partial charge in [0, 0.05) is 11.4 Å². The van der Waals surface area contributed by atoms with E-state index in [1.807, 2.05) is 19.0 Å². The van der Waals surface area contributed by atoms with Crippen molar-refractivity contribution in [1.82, 2.24) is 15.5 Å². The maximum Gasteiger partial charge on any atom is 0.189 e. The second-order valence-corrected chi connectivity index (χ2v) is 4.58. The van der Waals surface area contributed by atoms with Crippen LogP contribution in [-0.2, 0) is 6.42 Å². The molecule has 0 atom stereocenters. The number of rotatable bonds is 5. The van der Waals surface area contributed by atoms with Crippen LogP contribution in [0.5, 0.6) is 0 Å². The van der Waals surface area contributed by atoms with Crippen LogP contribution in [0.3, 0.4) is 0 Å². The number of thiophene rings is 1. The van der Waals surface area contributed by atoms with Gasteiger partial charge in [-0.25, -0.2) is 0 Å². The highest BCUT2D eigenvalue weighted by molar-refractivity contribution is 7.09. The molecule has 0 bridgehead atoms. The van der Waals surface area contributed by atoms with Gasteiger partial charge in [-0.3, -0.25) is 10.3 Å². The molecule has 0 aliphatic carbocycles. The minimum atomic E-state index is 0.389. The SMILES string of the molecule is CN(C)CNC(=N)NCCc1cccs1. The van der Waals surface area contributed by atoms with E-state index >= 15 is 0 Å². The zero-order chi connectivity index (χ0) is 11.1. The minimum Gasteiger partial charge on any atom is -0.356 e. The molecular formula is C10H18N4S. The molecule has 5 heteroatoms. The van der Waals surface area contributed by atoms with Crippen LogP contribution in [0.2, 0.25) is 0 Å². The minimum absolute atomic E-state index is 0.389. The Kier molecular flexibility index (Phi) is 5.14. The molecule has 0 aliphatic heterocycles. The van der Waals surface area contributed by atoms with Gasteiger partial charge in [0.15, 0.2) is 5.96 Å². The summed E-state index contributed by atoms with van der Waals surface area (Å²) in [4.78, 5) is 3.33. The first kappa shape index (κ1) is 12.0.